The molecule has 1 unspecified atom stereocenters. The van der Waals surface area contributed by atoms with Gasteiger partial charge in [-0.1, -0.05) is 12.1 Å². The first-order valence-corrected chi connectivity index (χ1v) is 5.48. The van der Waals surface area contributed by atoms with Crippen molar-refractivity contribution in [2.24, 2.45) is 0 Å². The Morgan fingerprint density at radius 1 is 1.44 bits per heavy atom. The van der Waals surface area contributed by atoms with Crippen LogP contribution in [0.1, 0.15) is 24.3 Å². The number of carbonyl (C=O) groups is 1. The number of ether oxygens (including phenoxy) is 1. The third kappa shape index (κ3) is 1.18. The maximum Gasteiger partial charge on any atom is 0.142 e. The maximum atomic E-state index is 11.5. The molecule has 82 valence electrons. The van der Waals surface area contributed by atoms with Crippen LogP contribution in [0.25, 0.3) is 10.9 Å². The Kier molecular flexibility index (Phi) is 1.99. The minimum atomic E-state index is 0.0980. The number of Topliss-reactive ketones (excluding diaryl/α,β-unsaturated/α-hetero) is 1. The third-order valence-electron chi connectivity index (χ3n) is 3.37. The minimum Gasteiger partial charge on any atom is -0.495 e. The lowest BCUT2D eigenvalue weighted by Gasteiger charge is -2.23. The molecule has 1 N–H and O–H groups in total. The van der Waals surface area contributed by atoms with Crippen LogP contribution < -0.4 is 4.74 Å². The van der Waals surface area contributed by atoms with Crippen LogP contribution in [0.3, 0.4) is 0 Å². The summed E-state index contributed by atoms with van der Waals surface area (Å²) in [5, 5.41) is 1.11. The van der Waals surface area contributed by atoms with E-state index in [1.54, 1.807) is 7.11 Å². The van der Waals surface area contributed by atoms with Crippen LogP contribution in [0.4, 0.5) is 0 Å². The molecule has 0 amide bonds. The molecule has 16 heavy (non-hydrogen) atoms. The Labute approximate surface area is 93.4 Å². The molecule has 0 bridgehead atoms. The smallest absolute Gasteiger partial charge is 0.142 e. The van der Waals surface area contributed by atoms with Gasteiger partial charge in [-0.05, 0) is 18.1 Å². The summed E-state index contributed by atoms with van der Waals surface area (Å²) in [6.07, 6.45) is 3.64. The van der Waals surface area contributed by atoms with Crippen molar-refractivity contribution in [3.05, 3.63) is 30.0 Å². The Hall–Kier alpha value is -1.77. The van der Waals surface area contributed by atoms with E-state index in [1.807, 2.05) is 24.4 Å². The van der Waals surface area contributed by atoms with Gasteiger partial charge in [0.15, 0.2) is 0 Å². The molecular weight excluding hydrogens is 202 g/mol. The number of rotatable bonds is 2. The molecule has 1 aromatic carbocycles. The number of ketones is 1. The fraction of sp³-hybridized carbons (Fsp3) is 0.308. The fourth-order valence-corrected chi connectivity index (χ4v) is 2.34. The van der Waals surface area contributed by atoms with Gasteiger partial charge in [0.1, 0.15) is 11.5 Å². The molecule has 0 spiro atoms. The number of benzene rings is 1. The minimum absolute atomic E-state index is 0.0980. The quantitative estimate of drug-likeness (QED) is 0.836. The van der Waals surface area contributed by atoms with Crippen molar-refractivity contribution in [3.63, 3.8) is 0 Å². The Morgan fingerprint density at radius 3 is 2.94 bits per heavy atom. The fourth-order valence-electron chi connectivity index (χ4n) is 2.34. The molecule has 1 heterocycles. The normalized spacial score (nSPS) is 19.8. The topological polar surface area (TPSA) is 42.1 Å². The van der Waals surface area contributed by atoms with Crippen LogP contribution in [-0.4, -0.2) is 17.9 Å². The summed E-state index contributed by atoms with van der Waals surface area (Å²) in [4.78, 5) is 14.7. The van der Waals surface area contributed by atoms with E-state index in [0.29, 0.717) is 5.78 Å². The van der Waals surface area contributed by atoms with Gasteiger partial charge in [0.05, 0.1) is 12.6 Å². The van der Waals surface area contributed by atoms with Gasteiger partial charge in [-0.25, -0.2) is 0 Å². The number of aromatic amines is 1. The maximum absolute atomic E-state index is 11.5. The molecule has 1 aliphatic carbocycles. The highest BCUT2D eigenvalue weighted by Crippen LogP contribution is 2.38. The van der Waals surface area contributed by atoms with E-state index in [-0.39, 0.29) is 5.92 Å². The van der Waals surface area contributed by atoms with Crippen LogP contribution in [-0.2, 0) is 4.79 Å². The molecule has 1 aliphatic rings. The zero-order valence-electron chi connectivity index (χ0n) is 9.12. The van der Waals surface area contributed by atoms with E-state index in [1.165, 1.54) is 0 Å². The summed E-state index contributed by atoms with van der Waals surface area (Å²) < 4.78 is 5.28. The van der Waals surface area contributed by atoms with Crippen LogP contribution in [0.15, 0.2) is 24.4 Å². The van der Waals surface area contributed by atoms with Gasteiger partial charge in [-0.15, -0.1) is 0 Å². The summed E-state index contributed by atoms with van der Waals surface area (Å²) in [6.45, 7) is 0. The lowest BCUT2D eigenvalue weighted by atomic mass is 9.78. The van der Waals surface area contributed by atoms with Gasteiger partial charge in [-0.2, -0.15) is 0 Å². The SMILES string of the molecule is COc1cccc2c(C3CCC3=O)c[nH]c12. The standard InChI is InChI=1S/C13H13NO2/c1-16-12-4-2-3-9-10(7-14-13(9)12)8-5-6-11(8)15/h2-4,7-8,14H,5-6H2,1H3. The number of carbonyl (C=O) groups excluding carboxylic acids is 1. The van der Waals surface area contributed by atoms with Gasteiger partial charge in [0.25, 0.3) is 0 Å². The molecule has 0 radical (unpaired) electrons. The van der Waals surface area contributed by atoms with Gasteiger partial charge in [0, 0.05) is 23.9 Å². The molecular formula is C13H13NO2. The summed E-state index contributed by atoms with van der Waals surface area (Å²) in [5.74, 6) is 1.28. The van der Waals surface area contributed by atoms with Crippen molar-refractivity contribution in [2.45, 2.75) is 18.8 Å². The molecule has 3 heteroatoms. The van der Waals surface area contributed by atoms with Crippen molar-refractivity contribution < 1.29 is 9.53 Å². The lowest BCUT2D eigenvalue weighted by molar-refractivity contribution is -0.125. The zero-order chi connectivity index (χ0) is 11.1. The second-order valence-corrected chi connectivity index (χ2v) is 4.18. The number of aromatic nitrogens is 1. The van der Waals surface area contributed by atoms with Crippen LogP contribution in [0.2, 0.25) is 0 Å². The molecule has 1 saturated carbocycles. The van der Waals surface area contributed by atoms with E-state index < -0.39 is 0 Å². The van der Waals surface area contributed by atoms with Crippen molar-refractivity contribution in [2.75, 3.05) is 7.11 Å². The average Bonchev–Trinajstić information content (AvgIpc) is 2.71. The van der Waals surface area contributed by atoms with Gasteiger partial charge >= 0.3 is 0 Å². The predicted octanol–water partition coefficient (Wildman–Crippen LogP) is 2.62. The van der Waals surface area contributed by atoms with E-state index in [4.69, 9.17) is 4.74 Å². The highest BCUT2D eigenvalue weighted by Gasteiger charge is 2.31. The highest BCUT2D eigenvalue weighted by molar-refractivity contribution is 5.98. The van der Waals surface area contributed by atoms with Crippen molar-refractivity contribution in [3.8, 4) is 5.75 Å². The second-order valence-electron chi connectivity index (χ2n) is 4.18. The summed E-state index contributed by atoms with van der Waals surface area (Å²) in [7, 11) is 1.66. The van der Waals surface area contributed by atoms with Crippen LogP contribution in [0, 0.1) is 0 Å². The largest absolute Gasteiger partial charge is 0.495 e. The summed E-state index contributed by atoms with van der Waals surface area (Å²) >= 11 is 0. The van der Waals surface area contributed by atoms with E-state index in [0.717, 1.165) is 35.1 Å². The number of para-hydroxylation sites is 1. The van der Waals surface area contributed by atoms with Crippen molar-refractivity contribution in [1.82, 2.24) is 4.98 Å². The number of hydrogen-bond donors (Lipinski definition) is 1. The summed E-state index contributed by atoms with van der Waals surface area (Å²) in [5.41, 5.74) is 2.10. The molecule has 1 fully saturated rings. The number of H-pyrrole nitrogens is 1. The molecule has 3 rings (SSSR count). The number of nitrogens with one attached hydrogen (secondary N) is 1. The first-order valence-electron chi connectivity index (χ1n) is 5.48. The van der Waals surface area contributed by atoms with Crippen molar-refractivity contribution >= 4 is 16.7 Å². The van der Waals surface area contributed by atoms with Crippen LogP contribution >= 0.6 is 0 Å². The predicted molar refractivity (Wildman–Crippen MR) is 61.8 cm³/mol. The molecule has 1 aromatic heterocycles. The first kappa shape index (κ1) is 9.46. The highest BCUT2D eigenvalue weighted by atomic mass is 16.5. The molecule has 3 nitrogen and oxygen atoms in total. The van der Waals surface area contributed by atoms with Gasteiger partial charge in [0.2, 0.25) is 0 Å². The van der Waals surface area contributed by atoms with Crippen LogP contribution in [0.5, 0.6) is 5.75 Å². The Bertz CT molecular complexity index is 556. The first-order chi connectivity index (χ1) is 7.81. The van der Waals surface area contributed by atoms with E-state index >= 15 is 0 Å². The Morgan fingerprint density at radius 2 is 2.31 bits per heavy atom. The van der Waals surface area contributed by atoms with Gasteiger partial charge in [-0.3, -0.25) is 4.79 Å². The molecule has 1 atom stereocenters. The number of methoxy groups -OCH3 is 1. The summed E-state index contributed by atoms with van der Waals surface area (Å²) in [6, 6.07) is 5.92. The third-order valence-corrected chi connectivity index (χ3v) is 3.37. The average molecular weight is 215 g/mol. The van der Waals surface area contributed by atoms with Crippen molar-refractivity contribution in [1.29, 1.82) is 0 Å². The Balaban J connectivity index is 2.16. The molecule has 2 aromatic rings. The zero-order valence-corrected chi connectivity index (χ0v) is 9.12. The lowest BCUT2D eigenvalue weighted by Crippen LogP contribution is -2.22. The van der Waals surface area contributed by atoms with E-state index in [9.17, 15) is 4.79 Å². The van der Waals surface area contributed by atoms with Gasteiger partial charge < -0.3 is 9.72 Å². The monoisotopic (exact) mass is 215 g/mol. The molecule has 0 saturated heterocycles. The second kappa shape index (κ2) is 3.37. The molecule has 0 aliphatic heterocycles. The van der Waals surface area contributed by atoms with E-state index in [2.05, 4.69) is 4.98 Å². The number of hydrogen-bond acceptors (Lipinski definition) is 2. The number of fused-ring (bicyclic) bond motifs is 1.